The highest BCUT2D eigenvalue weighted by atomic mass is 19.4. The second-order valence-corrected chi connectivity index (χ2v) is 6.65. The largest absolute Gasteiger partial charge is 0.488 e. The van der Waals surface area contributed by atoms with Gasteiger partial charge >= 0.3 is 6.18 Å². The van der Waals surface area contributed by atoms with E-state index in [9.17, 15) is 13.2 Å². The zero-order valence-corrected chi connectivity index (χ0v) is 13.5. The normalized spacial score (nSPS) is 16.3. The molecule has 1 fully saturated rings. The molecule has 0 radical (unpaired) electrons. The van der Waals surface area contributed by atoms with E-state index in [1.165, 1.54) is 12.1 Å². The van der Waals surface area contributed by atoms with Crippen molar-refractivity contribution >= 4 is 5.96 Å². The molecular formula is C16H22F3N3O. The van der Waals surface area contributed by atoms with Crippen LogP contribution < -0.4 is 15.8 Å². The number of rotatable bonds is 4. The first-order valence-corrected chi connectivity index (χ1v) is 7.50. The fraction of sp³-hybridized carbons (Fsp3) is 0.562. The summed E-state index contributed by atoms with van der Waals surface area (Å²) in [5.74, 6) is 0.359. The van der Waals surface area contributed by atoms with Gasteiger partial charge in [-0.15, -0.1) is 0 Å². The Balaban J connectivity index is 2.20. The Morgan fingerprint density at radius 3 is 2.48 bits per heavy atom. The van der Waals surface area contributed by atoms with Crippen LogP contribution in [0, 0.1) is 0 Å². The second kappa shape index (κ2) is 6.29. The van der Waals surface area contributed by atoms with Crippen LogP contribution in [0.1, 0.15) is 44.7 Å². The van der Waals surface area contributed by atoms with Crippen molar-refractivity contribution in [2.45, 2.75) is 58.0 Å². The third kappa shape index (κ3) is 5.65. The molecule has 1 saturated carbocycles. The first kappa shape index (κ1) is 17.4. The molecule has 0 aliphatic heterocycles. The maximum Gasteiger partial charge on any atom is 0.416 e. The molecule has 0 spiro atoms. The minimum absolute atomic E-state index is 0.0688. The maximum atomic E-state index is 13.3. The Hall–Kier alpha value is -1.92. The Morgan fingerprint density at radius 1 is 1.30 bits per heavy atom. The van der Waals surface area contributed by atoms with Crippen molar-refractivity contribution in [2.75, 3.05) is 0 Å². The molecule has 0 aromatic heterocycles. The van der Waals surface area contributed by atoms with Crippen LogP contribution in [0.2, 0.25) is 0 Å². The van der Waals surface area contributed by atoms with Crippen LogP contribution in [0.15, 0.2) is 23.2 Å². The van der Waals surface area contributed by atoms with Gasteiger partial charge in [-0.3, -0.25) is 0 Å². The van der Waals surface area contributed by atoms with Gasteiger partial charge in [0.25, 0.3) is 0 Å². The van der Waals surface area contributed by atoms with E-state index >= 15 is 0 Å². The van der Waals surface area contributed by atoms with E-state index in [-0.39, 0.29) is 23.8 Å². The molecule has 7 heteroatoms. The van der Waals surface area contributed by atoms with Gasteiger partial charge in [-0.05, 0) is 51.3 Å². The molecule has 3 N–H and O–H groups in total. The molecule has 0 unspecified atom stereocenters. The summed E-state index contributed by atoms with van der Waals surface area (Å²) in [5.41, 5.74) is 4.42. The van der Waals surface area contributed by atoms with Crippen molar-refractivity contribution in [3.05, 3.63) is 29.3 Å². The number of benzene rings is 1. The summed E-state index contributed by atoms with van der Waals surface area (Å²) in [5, 5.41) is 2.95. The van der Waals surface area contributed by atoms with E-state index in [1.54, 1.807) is 20.8 Å². The molecule has 0 bridgehead atoms. The van der Waals surface area contributed by atoms with Crippen LogP contribution in [0.5, 0.6) is 5.75 Å². The van der Waals surface area contributed by atoms with Gasteiger partial charge in [0.1, 0.15) is 11.4 Å². The van der Waals surface area contributed by atoms with Crippen molar-refractivity contribution in [1.82, 2.24) is 5.32 Å². The number of nitrogens with one attached hydrogen (secondary N) is 1. The number of alkyl halides is 3. The van der Waals surface area contributed by atoms with E-state index in [2.05, 4.69) is 10.3 Å². The van der Waals surface area contributed by atoms with Crippen molar-refractivity contribution in [3.63, 3.8) is 0 Å². The van der Waals surface area contributed by atoms with Gasteiger partial charge in [0.15, 0.2) is 5.96 Å². The summed E-state index contributed by atoms with van der Waals surface area (Å²) < 4.78 is 45.3. The van der Waals surface area contributed by atoms with Gasteiger partial charge in [0, 0.05) is 6.04 Å². The van der Waals surface area contributed by atoms with E-state index in [4.69, 9.17) is 10.5 Å². The Morgan fingerprint density at radius 2 is 1.96 bits per heavy atom. The number of halogens is 3. The number of aliphatic imine (C=N–C) groups is 1. The van der Waals surface area contributed by atoms with Crippen molar-refractivity contribution in [1.29, 1.82) is 0 Å². The molecule has 0 saturated heterocycles. The lowest BCUT2D eigenvalue weighted by Gasteiger charge is -2.22. The Kier molecular flexibility index (Phi) is 4.77. The third-order valence-corrected chi connectivity index (χ3v) is 3.16. The van der Waals surface area contributed by atoms with Crippen LogP contribution in [-0.2, 0) is 12.7 Å². The molecule has 0 amide bonds. The summed E-state index contributed by atoms with van der Waals surface area (Å²) in [6, 6.07) is 4.23. The Bertz CT molecular complexity index is 587. The van der Waals surface area contributed by atoms with Crippen molar-refractivity contribution < 1.29 is 17.9 Å². The summed E-state index contributed by atoms with van der Waals surface area (Å²) >= 11 is 0. The topological polar surface area (TPSA) is 59.6 Å². The van der Waals surface area contributed by atoms with Gasteiger partial charge < -0.3 is 15.8 Å². The first-order chi connectivity index (χ1) is 10.5. The predicted octanol–water partition coefficient (Wildman–Crippen LogP) is 3.45. The molecule has 1 aromatic rings. The van der Waals surface area contributed by atoms with E-state index in [0.717, 1.165) is 18.9 Å². The summed E-state index contributed by atoms with van der Waals surface area (Å²) in [4.78, 5) is 4.00. The van der Waals surface area contributed by atoms with Crippen molar-refractivity contribution in [3.8, 4) is 5.75 Å². The maximum absolute atomic E-state index is 13.3. The molecule has 1 aliphatic rings. The molecule has 0 atom stereocenters. The van der Waals surface area contributed by atoms with Crippen LogP contribution in [0.3, 0.4) is 0 Å². The highest BCUT2D eigenvalue weighted by Gasteiger charge is 2.34. The quantitative estimate of drug-likeness (QED) is 0.657. The Labute approximate surface area is 133 Å². The van der Waals surface area contributed by atoms with Crippen LogP contribution in [-0.4, -0.2) is 17.6 Å². The van der Waals surface area contributed by atoms with Gasteiger partial charge in [0.05, 0.1) is 12.1 Å². The number of nitrogens with two attached hydrogens (primary N) is 1. The van der Waals surface area contributed by atoms with Gasteiger partial charge in [-0.2, -0.15) is 13.2 Å². The minimum atomic E-state index is -4.47. The lowest BCUT2D eigenvalue weighted by Crippen LogP contribution is -2.33. The van der Waals surface area contributed by atoms with E-state index in [0.29, 0.717) is 6.04 Å². The lowest BCUT2D eigenvalue weighted by atomic mass is 10.1. The number of nitrogens with zero attached hydrogens (tertiary/aromatic N) is 1. The third-order valence-electron chi connectivity index (χ3n) is 3.16. The van der Waals surface area contributed by atoms with E-state index < -0.39 is 17.3 Å². The predicted molar refractivity (Wildman–Crippen MR) is 83.3 cm³/mol. The number of hydrogen-bond acceptors (Lipinski definition) is 2. The summed E-state index contributed by atoms with van der Waals surface area (Å²) in [6.07, 6.45) is -2.44. The number of ether oxygens (including phenoxy) is 1. The molecular weight excluding hydrogens is 307 g/mol. The molecule has 0 heterocycles. The standard InChI is InChI=1S/C16H22F3N3O/c1-15(2,3)23-12-7-4-10(13(8-12)16(17,18)19)9-21-14(20)22-11-5-6-11/h4,7-8,11H,5-6,9H2,1-3H3,(H3,20,21,22). The molecule has 23 heavy (non-hydrogen) atoms. The van der Waals surface area contributed by atoms with Gasteiger partial charge in [-0.25, -0.2) is 4.99 Å². The van der Waals surface area contributed by atoms with Crippen molar-refractivity contribution in [2.24, 2.45) is 10.7 Å². The van der Waals surface area contributed by atoms with Crippen LogP contribution in [0.25, 0.3) is 0 Å². The second-order valence-electron chi connectivity index (χ2n) is 6.65. The lowest BCUT2D eigenvalue weighted by molar-refractivity contribution is -0.138. The summed E-state index contributed by atoms with van der Waals surface area (Å²) in [6.45, 7) is 5.21. The highest BCUT2D eigenvalue weighted by Crippen LogP contribution is 2.35. The highest BCUT2D eigenvalue weighted by molar-refractivity contribution is 5.78. The fourth-order valence-electron chi connectivity index (χ4n) is 2.03. The van der Waals surface area contributed by atoms with Gasteiger partial charge in [-0.1, -0.05) is 6.07 Å². The molecule has 1 aliphatic carbocycles. The number of guanidine groups is 1. The monoisotopic (exact) mass is 329 g/mol. The molecule has 2 rings (SSSR count). The summed E-state index contributed by atoms with van der Waals surface area (Å²) in [7, 11) is 0. The van der Waals surface area contributed by atoms with Crippen LogP contribution >= 0.6 is 0 Å². The molecule has 1 aromatic carbocycles. The molecule has 128 valence electrons. The molecule has 4 nitrogen and oxygen atoms in total. The van der Waals surface area contributed by atoms with Gasteiger partial charge in [0.2, 0.25) is 0 Å². The number of hydrogen-bond donors (Lipinski definition) is 2. The zero-order chi connectivity index (χ0) is 17.3. The average molecular weight is 329 g/mol. The first-order valence-electron chi connectivity index (χ1n) is 7.50. The minimum Gasteiger partial charge on any atom is -0.488 e. The smallest absolute Gasteiger partial charge is 0.416 e. The average Bonchev–Trinajstić information content (AvgIpc) is 3.18. The fourth-order valence-corrected chi connectivity index (χ4v) is 2.03. The SMILES string of the molecule is CC(C)(C)Oc1ccc(CN=C(N)NC2CC2)c(C(F)(F)F)c1. The zero-order valence-electron chi connectivity index (χ0n) is 13.5. The van der Waals surface area contributed by atoms with E-state index in [1.807, 2.05) is 0 Å². The van der Waals surface area contributed by atoms with Crippen LogP contribution in [0.4, 0.5) is 13.2 Å².